The number of benzene rings is 1. The number of anilines is 1. The van der Waals surface area contributed by atoms with Crippen molar-refractivity contribution in [3.8, 4) is 0 Å². The molecule has 0 aromatic heterocycles. The molecule has 2 saturated heterocycles. The van der Waals surface area contributed by atoms with Crippen molar-refractivity contribution in [1.29, 1.82) is 0 Å². The van der Waals surface area contributed by atoms with Crippen LogP contribution in [0, 0.1) is 0 Å². The first-order valence-electron chi connectivity index (χ1n) is 5.94. The molecule has 0 atom stereocenters. The van der Waals surface area contributed by atoms with Crippen LogP contribution in [0.2, 0.25) is 0 Å². The fourth-order valence-corrected chi connectivity index (χ4v) is 3.99. The number of hydrogen-bond donors (Lipinski definition) is 2. The Morgan fingerprint density at radius 2 is 1.61 bits per heavy atom. The van der Waals surface area contributed by atoms with Crippen molar-refractivity contribution in [3.05, 3.63) is 30.3 Å². The Hall–Kier alpha value is -1.36. The maximum Gasteiger partial charge on any atom is 0.326 e. The topological polar surface area (TPSA) is 64.2 Å². The summed E-state index contributed by atoms with van der Waals surface area (Å²) in [4.78, 5) is 11.8. The highest BCUT2D eigenvalue weighted by atomic mass is 31.2. The second-order valence-corrected chi connectivity index (χ2v) is 6.83. The van der Waals surface area contributed by atoms with Crippen molar-refractivity contribution in [2.75, 3.05) is 31.5 Å². The Labute approximate surface area is 105 Å². The normalized spacial score (nSPS) is 19.3. The highest BCUT2D eigenvalue weighted by molar-refractivity contribution is 7.58. The summed E-state index contributed by atoms with van der Waals surface area (Å²) in [6.07, 6.45) is 0. The predicted octanol–water partition coefficient (Wildman–Crippen LogP) is 1.55. The van der Waals surface area contributed by atoms with Gasteiger partial charge in [-0.3, -0.25) is 9.65 Å². The Morgan fingerprint density at radius 1 is 1.06 bits per heavy atom. The van der Waals surface area contributed by atoms with Crippen LogP contribution < -0.4 is 10.4 Å². The second-order valence-electron chi connectivity index (χ2n) is 4.38. The summed E-state index contributed by atoms with van der Waals surface area (Å²) in [7, 11) is -2.83. The fraction of sp³-hybridized carbons (Fsp3) is 0.364. The van der Waals surface area contributed by atoms with E-state index in [4.69, 9.17) is 0 Å². The van der Waals surface area contributed by atoms with Gasteiger partial charge < -0.3 is 5.32 Å². The van der Waals surface area contributed by atoms with Gasteiger partial charge >= 0.3 is 13.6 Å². The average Bonchev–Trinajstić information content (AvgIpc) is 3.18. The van der Waals surface area contributed by atoms with Crippen molar-refractivity contribution in [1.82, 2.24) is 14.4 Å². The Bertz CT molecular complexity index is 483. The molecule has 6 nitrogen and oxygen atoms in total. The van der Waals surface area contributed by atoms with Gasteiger partial charge in [0.2, 0.25) is 0 Å². The molecule has 18 heavy (non-hydrogen) atoms. The Morgan fingerprint density at radius 3 is 2.11 bits per heavy atom. The Kier molecular flexibility index (Phi) is 2.86. The molecule has 0 spiro atoms. The van der Waals surface area contributed by atoms with Crippen LogP contribution in [0.25, 0.3) is 0 Å². The Balaban J connectivity index is 1.65. The monoisotopic (exact) mass is 266 g/mol. The minimum absolute atomic E-state index is 0.414. The van der Waals surface area contributed by atoms with Gasteiger partial charge in [0.25, 0.3) is 0 Å². The molecule has 2 fully saturated rings. The van der Waals surface area contributed by atoms with E-state index in [1.165, 1.54) is 0 Å². The summed E-state index contributed by atoms with van der Waals surface area (Å²) < 4.78 is 16.2. The van der Waals surface area contributed by atoms with E-state index < -0.39 is 13.6 Å². The largest absolute Gasteiger partial charge is 0.326 e. The van der Waals surface area contributed by atoms with Gasteiger partial charge in [0.15, 0.2) is 0 Å². The molecule has 7 heteroatoms. The molecule has 2 N–H and O–H groups in total. The van der Waals surface area contributed by atoms with Crippen LogP contribution in [-0.4, -0.2) is 41.6 Å². The van der Waals surface area contributed by atoms with E-state index in [2.05, 4.69) is 10.4 Å². The number of carbonyl (C=O) groups excluding carboxylic acids is 1. The van der Waals surface area contributed by atoms with Gasteiger partial charge in [-0.15, -0.1) is 0 Å². The summed E-state index contributed by atoms with van der Waals surface area (Å²) in [6, 6.07) is 8.72. The van der Waals surface area contributed by atoms with Crippen LogP contribution in [0.1, 0.15) is 0 Å². The standard InChI is InChI=1S/C11H15N4O2P/c16-11(12-10-4-2-1-3-5-10)13-18(17,14-6-7-14)15-8-9-15/h1-5H,6-9H2,(H2,12,13,16,17). The third kappa shape index (κ3) is 2.41. The fourth-order valence-electron chi connectivity index (χ4n) is 1.76. The number of hydrogen-bond acceptors (Lipinski definition) is 2. The van der Waals surface area contributed by atoms with Gasteiger partial charge in [0.1, 0.15) is 0 Å². The van der Waals surface area contributed by atoms with E-state index in [-0.39, 0.29) is 0 Å². The number of amides is 2. The molecule has 1 aromatic carbocycles. The first-order valence-corrected chi connectivity index (χ1v) is 7.55. The minimum atomic E-state index is -2.83. The quantitative estimate of drug-likeness (QED) is 0.641. The van der Waals surface area contributed by atoms with E-state index in [0.717, 1.165) is 26.2 Å². The zero-order chi connectivity index (χ0) is 12.6. The van der Waals surface area contributed by atoms with Crippen molar-refractivity contribution in [2.24, 2.45) is 0 Å². The maximum absolute atomic E-state index is 12.6. The van der Waals surface area contributed by atoms with Gasteiger partial charge in [-0.05, 0) is 12.1 Å². The van der Waals surface area contributed by atoms with E-state index in [9.17, 15) is 9.36 Å². The molecule has 0 radical (unpaired) electrons. The van der Waals surface area contributed by atoms with Crippen LogP contribution in [0.15, 0.2) is 30.3 Å². The zero-order valence-corrected chi connectivity index (χ0v) is 10.8. The van der Waals surface area contributed by atoms with Gasteiger partial charge in [-0.2, -0.15) is 0 Å². The lowest BCUT2D eigenvalue weighted by Crippen LogP contribution is -2.31. The number of nitrogens with one attached hydrogen (secondary N) is 2. The van der Waals surface area contributed by atoms with Crippen LogP contribution in [0.3, 0.4) is 0 Å². The molecule has 2 aliphatic rings. The lowest BCUT2D eigenvalue weighted by molar-refractivity contribution is 0.255. The molecule has 0 saturated carbocycles. The van der Waals surface area contributed by atoms with Crippen molar-refractivity contribution >= 4 is 19.3 Å². The van der Waals surface area contributed by atoms with Gasteiger partial charge in [-0.25, -0.2) is 14.1 Å². The molecule has 2 amide bonds. The summed E-state index contributed by atoms with van der Waals surface area (Å²) in [5.74, 6) is 0. The van der Waals surface area contributed by atoms with Crippen LogP contribution >= 0.6 is 7.59 Å². The lowest BCUT2D eigenvalue weighted by atomic mass is 10.3. The molecular weight excluding hydrogens is 251 g/mol. The highest BCUT2D eigenvalue weighted by Gasteiger charge is 2.49. The van der Waals surface area contributed by atoms with Crippen LogP contribution in [0.4, 0.5) is 10.5 Å². The molecule has 0 aliphatic carbocycles. The molecule has 2 heterocycles. The van der Waals surface area contributed by atoms with E-state index in [1.54, 1.807) is 12.1 Å². The first kappa shape index (κ1) is 11.7. The van der Waals surface area contributed by atoms with Gasteiger partial charge in [0, 0.05) is 31.9 Å². The smallest absolute Gasteiger partial charge is 0.308 e. The second kappa shape index (κ2) is 4.39. The molecule has 2 aliphatic heterocycles. The highest BCUT2D eigenvalue weighted by Crippen LogP contribution is 2.56. The number of carbonyl (C=O) groups is 1. The van der Waals surface area contributed by atoms with Gasteiger partial charge in [0.05, 0.1) is 0 Å². The maximum atomic E-state index is 12.6. The summed E-state index contributed by atoms with van der Waals surface area (Å²) in [6.45, 7) is 3.16. The molecule has 1 aromatic rings. The summed E-state index contributed by atoms with van der Waals surface area (Å²) >= 11 is 0. The minimum Gasteiger partial charge on any atom is -0.308 e. The van der Waals surface area contributed by atoms with Gasteiger partial charge in [-0.1, -0.05) is 18.2 Å². The average molecular weight is 266 g/mol. The van der Waals surface area contributed by atoms with Crippen LogP contribution in [-0.2, 0) is 4.57 Å². The summed E-state index contributed by atoms with van der Waals surface area (Å²) in [5.41, 5.74) is 0.693. The number of urea groups is 1. The van der Waals surface area contributed by atoms with Crippen molar-refractivity contribution in [3.63, 3.8) is 0 Å². The third-order valence-corrected chi connectivity index (χ3v) is 5.72. The zero-order valence-electron chi connectivity index (χ0n) is 9.87. The molecule has 0 unspecified atom stereocenters. The molecule has 96 valence electrons. The van der Waals surface area contributed by atoms with Crippen LogP contribution in [0.5, 0.6) is 0 Å². The number of para-hydroxylation sites is 1. The number of nitrogens with zero attached hydrogens (tertiary/aromatic N) is 2. The van der Waals surface area contributed by atoms with E-state index in [0.29, 0.717) is 5.69 Å². The molecule has 3 rings (SSSR count). The van der Waals surface area contributed by atoms with E-state index >= 15 is 0 Å². The lowest BCUT2D eigenvalue weighted by Gasteiger charge is -2.21. The third-order valence-electron chi connectivity index (χ3n) is 2.89. The van der Waals surface area contributed by atoms with Crippen molar-refractivity contribution < 1.29 is 9.36 Å². The number of rotatable bonds is 4. The summed E-state index contributed by atoms with van der Waals surface area (Å²) in [5, 5.41) is 5.31. The predicted molar refractivity (Wildman–Crippen MR) is 69.3 cm³/mol. The molecule has 0 bridgehead atoms. The SMILES string of the molecule is O=C(Nc1ccccc1)NP(=O)(N1CC1)N1CC1. The van der Waals surface area contributed by atoms with E-state index in [1.807, 2.05) is 27.5 Å². The molecular formula is C11H15N4O2P. The van der Waals surface area contributed by atoms with Crippen molar-refractivity contribution in [2.45, 2.75) is 0 Å². The first-order chi connectivity index (χ1) is 8.68.